The number of aromatic carboxylic acids is 1. The van der Waals surface area contributed by atoms with Crippen LogP contribution in [-0.4, -0.2) is 59.9 Å². The second kappa shape index (κ2) is 12.1. The van der Waals surface area contributed by atoms with E-state index in [1.807, 2.05) is 30.3 Å². The van der Waals surface area contributed by atoms with Crippen LogP contribution in [0.1, 0.15) is 67.5 Å². The summed E-state index contributed by atoms with van der Waals surface area (Å²) < 4.78 is 28.9. The largest absolute Gasteiger partial charge is 0.477 e. The molecule has 0 radical (unpaired) electrons. The molecule has 1 unspecified atom stereocenters. The van der Waals surface area contributed by atoms with Gasteiger partial charge in [0.1, 0.15) is 15.6 Å². The topological polar surface area (TPSA) is 120 Å². The number of rotatable bonds is 8. The molecule has 2 aromatic heterocycles. The molecule has 0 spiro atoms. The van der Waals surface area contributed by atoms with Gasteiger partial charge >= 0.3 is 5.97 Å². The maximum absolute atomic E-state index is 13.9. The number of nitrogens with zero attached hydrogens (tertiary/aromatic N) is 3. The third-order valence-electron chi connectivity index (χ3n) is 8.80. The van der Waals surface area contributed by atoms with E-state index in [0.29, 0.717) is 17.5 Å². The number of carbonyl (C=O) groups is 2. The molecule has 1 aliphatic heterocycles. The number of piperazine rings is 1. The zero-order valence-electron chi connectivity index (χ0n) is 23.4. The van der Waals surface area contributed by atoms with Crippen LogP contribution < -0.4 is 10.2 Å². The molecule has 1 saturated heterocycles. The Morgan fingerprint density at radius 2 is 1.69 bits per heavy atom. The van der Waals surface area contributed by atoms with Crippen molar-refractivity contribution < 1.29 is 23.1 Å². The Morgan fingerprint density at radius 1 is 0.976 bits per heavy atom. The third kappa shape index (κ3) is 5.82. The smallest absolute Gasteiger partial charge is 0.348 e. The van der Waals surface area contributed by atoms with Gasteiger partial charge in [-0.25, -0.2) is 18.2 Å². The molecule has 2 saturated carbocycles. The number of carboxylic acid groups (broad SMARTS) is 1. The number of thiophene rings is 1. The van der Waals surface area contributed by atoms with Gasteiger partial charge in [0.15, 0.2) is 0 Å². The second-order valence-electron chi connectivity index (χ2n) is 11.5. The minimum Gasteiger partial charge on any atom is -0.477 e. The second-order valence-corrected chi connectivity index (χ2v) is 14.5. The van der Waals surface area contributed by atoms with Gasteiger partial charge in [-0.1, -0.05) is 62.4 Å². The molecule has 2 N–H and O–H groups in total. The third-order valence-corrected chi connectivity index (χ3v) is 11.8. The van der Waals surface area contributed by atoms with Gasteiger partial charge in [0.2, 0.25) is 15.9 Å². The van der Waals surface area contributed by atoms with Crippen LogP contribution in [0.5, 0.6) is 0 Å². The van der Waals surface area contributed by atoms with Crippen molar-refractivity contribution >= 4 is 44.7 Å². The van der Waals surface area contributed by atoms with Crippen molar-refractivity contribution in [3.8, 4) is 10.4 Å². The highest BCUT2D eigenvalue weighted by Gasteiger charge is 2.44. The van der Waals surface area contributed by atoms with Crippen LogP contribution >= 0.6 is 11.3 Å². The predicted molar refractivity (Wildman–Crippen MR) is 163 cm³/mol. The lowest BCUT2D eigenvalue weighted by atomic mass is 9.82. The Labute approximate surface area is 250 Å². The molecule has 3 heterocycles. The van der Waals surface area contributed by atoms with Crippen LogP contribution in [0, 0.1) is 5.92 Å². The lowest BCUT2D eigenvalue weighted by molar-refractivity contribution is -0.121. The summed E-state index contributed by atoms with van der Waals surface area (Å²) in [6.45, 7) is -0.250. The summed E-state index contributed by atoms with van der Waals surface area (Å²) in [5.74, 6) is -0.791. The monoisotopic (exact) mass is 608 g/mol. The predicted octanol–water partition coefficient (Wildman–Crippen LogP) is 5.85. The van der Waals surface area contributed by atoms with Crippen LogP contribution in [0.3, 0.4) is 0 Å². The summed E-state index contributed by atoms with van der Waals surface area (Å²) in [7, 11) is -4.00. The zero-order chi connectivity index (χ0) is 29.3. The SMILES string of the molecule is O=C(O)c1sc(-c2ccccc2)cc1N1C(=O)CN(S(=O)(=O)c2ccc(NC3CCCC3)nc2)CC1C1CCCCC1. The average Bonchev–Trinajstić information content (AvgIpc) is 3.69. The summed E-state index contributed by atoms with van der Waals surface area (Å²) in [6.07, 6.45) is 10.7. The quantitative estimate of drug-likeness (QED) is 0.329. The molecule has 3 fully saturated rings. The first-order valence-corrected chi connectivity index (χ1v) is 17.0. The van der Waals surface area contributed by atoms with Crippen molar-refractivity contribution in [2.75, 3.05) is 23.3 Å². The van der Waals surface area contributed by atoms with E-state index in [1.165, 1.54) is 23.3 Å². The molecule has 11 heteroatoms. The van der Waals surface area contributed by atoms with E-state index in [9.17, 15) is 23.1 Å². The lowest BCUT2D eigenvalue weighted by Crippen LogP contribution is -2.60. The summed E-state index contributed by atoms with van der Waals surface area (Å²) in [5, 5.41) is 13.5. The first-order valence-electron chi connectivity index (χ1n) is 14.8. The van der Waals surface area contributed by atoms with Gasteiger partial charge in [-0.05, 0) is 55.4 Å². The zero-order valence-corrected chi connectivity index (χ0v) is 25.1. The van der Waals surface area contributed by atoms with E-state index >= 15 is 0 Å². The number of aromatic nitrogens is 1. The van der Waals surface area contributed by atoms with Crippen molar-refractivity contribution in [2.24, 2.45) is 5.92 Å². The van der Waals surface area contributed by atoms with E-state index in [1.54, 1.807) is 23.1 Å². The normalized spacial score (nSPS) is 21.1. The maximum atomic E-state index is 13.9. The van der Waals surface area contributed by atoms with Gasteiger partial charge in [0.05, 0.1) is 18.3 Å². The maximum Gasteiger partial charge on any atom is 0.348 e. The minimum atomic E-state index is -4.00. The summed E-state index contributed by atoms with van der Waals surface area (Å²) >= 11 is 1.14. The Bertz CT molecular complexity index is 1530. The summed E-state index contributed by atoms with van der Waals surface area (Å²) in [4.78, 5) is 33.2. The van der Waals surface area contributed by atoms with Crippen LogP contribution in [0.15, 0.2) is 59.6 Å². The van der Waals surface area contributed by atoms with Crippen LogP contribution in [-0.2, 0) is 14.8 Å². The molecule has 1 aromatic carbocycles. The molecule has 3 aromatic rings. The fourth-order valence-electron chi connectivity index (χ4n) is 6.65. The summed E-state index contributed by atoms with van der Waals surface area (Å²) in [6, 6.07) is 14.4. The van der Waals surface area contributed by atoms with E-state index in [-0.39, 0.29) is 28.8 Å². The van der Waals surface area contributed by atoms with Crippen molar-refractivity contribution in [1.82, 2.24) is 9.29 Å². The number of sulfonamides is 1. The van der Waals surface area contributed by atoms with E-state index in [4.69, 9.17) is 0 Å². The lowest BCUT2D eigenvalue weighted by Gasteiger charge is -2.44. The molecular formula is C31H36N4O5S2. The number of pyridine rings is 1. The highest BCUT2D eigenvalue weighted by atomic mass is 32.2. The molecule has 42 heavy (non-hydrogen) atoms. The van der Waals surface area contributed by atoms with Crippen molar-refractivity contribution in [3.63, 3.8) is 0 Å². The highest BCUT2D eigenvalue weighted by molar-refractivity contribution is 7.89. The molecule has 9 nitrogen and oxygen atoms in total. The molecular weight excluding hydrogens is 572 g/mol. The van der Waals surface area contributed by atoms with Gasteiger partial charge < -0.3 is 15.3 Å². The van der Waals surface area contributed by atoms with Gasteiger partial charge in [0, 0.05) is 23.7 Å². The molecule has 6 rings (SSSR count). The first kappa shape index (κ1) is 28.8. The van der Waals surface area contributed by atoms with Crippen LogP contribution in [0.4, 0.5) is 11.5 Å². The highest BCUT2D eigenvalue weighted by Crippen LogP contribution is 2.42. The first-order chi connectivity index (χ1) is 20.3. The number of benzene rings is 1. The fourth-order valence-corrected chi connectivity index (χ4v) is 8.99. The van der Waals surface area contributed by atoms with Crippen molar-refractivity contribution in [3.05, 3.63) is 59.6 Å². The Morgan fingerprint density at radius 3 is 2.36 bits per heavy atom. The number of anilines is 2. The molecule has 1 amide bonds. The Kier molecular flexibility index (Phi) is 8.33. The van der Waals surface area contributed by atoms with Gasteiger partial charge in [0.25, 0.3) is 0 Å². The average molecular weight is 609 g/mol. The number of carboxylic acids is 1. The van der Waals surface area contributed by atoms with E-state index in [2.05, 4.69) is 10.3 Å². The number of hydrogen-bond acceptors (Lipinski definition) is 7. The Balaban J connectivity index is 1.31. The van der Waals surface area contributed by atoms with Crippen LogP contribution in [0.25, 0.3) is 10.4 Å². The molecule has 222 valence electrons. The van der Waals surface area contributed by atoms with E-state index < -0.39 is 27.9 Å². The molecule has 0 bridgehead atoms. The molecule has 1 atom stereocenters. The van der Waals surface area contributed by atoms with Gasteiger partial charge in [-0.2, -0.15) is 4.31 Å². The number of carbonyl (C=O) groups excluding carboxylic acids is 1. The fraction of sp³-hybridized carbons (Fsp3) is 0.452. The van der Waals surface area contributed by atoms with Crippen molar-refractivity contribution in [2.45, 2.75) is 74.8 Å². The molecule has 2 aliphatic carbocycles. The summed E-state index contributed by atoms with van der Waals surface area (Å²) in [5.41, 5.74) is 1.23. The van der Waals surface area contributed by atoms with E-state index in [0.717, 1.165) is 66.7 Å². The molecule has 3 aliphatic rings. The Hall–Kier alpha value is -3.28. The number of nitrogens with one attached hydrogen (secondary N) is 1. The minimum absolute atomic E-state index is 0.0521. The van der Waals surface area contributed by atoms with Gasteiger partial charge in [-0.15, -0.1) is 11.3 Å². The number of amides is 1. The standard InChI is InChI=1S/C31H36N4O5S2/c36-29-20-34(42(39,40)24-15-16-28(32-18-24)33-23-13-7-8-14-23)19-26(21-9-3-1-4-10-21)35(29)25-17-27(41-30(25)31(37)38)22-11-5-2-6-12-22/h2,5-6,11-12,15-18,21,23,26H,1,3-4,7-10,13-14,19-20H2,(H,32,33)(H,37,38). The van der Waals surface area contributed by atoms with Crippen molar-refractivity contribution in [1.29, 1.82) is 0 Å². The van der Waals surface area contributed by atoms with Gasteiger partial charge in [-0.3, -0.25) is 4.79 Å². The number of hydrogen-bond donors (Lipinski definition) is 2. The van der Waals surface area contributed by atoms with Crippen LogP contribution in [0.2, 0.25) is 0 Å².